The number of nitrogens with zero attached hydrogens (tertiary/aromatic N) is 3. The lowest BCUT2D eigenvalue weighted by molar-refractivity contribution is 0.519. The third-order valence-corrected chi connectivity index (χ3v) is 2.56. The Kier molecular flexibility index (Phi) is 5.41. The zero-order valence-corrected chi connectivity index (χ0v) is 10.8. The highest BCUT2D eigenvalue weighted by Crippen LogP contribution is 2.10. The molecule has 4 heteroatoms. The molecule has 1 aromatic heterocycles. The smallest absolute Gasteiger partial charge is 0.224 e. The van der Waals surface area contributed by atoms with Crippen LogP contribution in [0.25, 0.3) is 0 Å². The minimum Gasteiger partial charge on any atom is -0.352 e. The quantitative estimate of drug-likeness (QED) is 0.819. The summed E-state index contributed by atoms with van der Waals surface area (Å²) in [7, 11) is 0. The van der Waals surface area contributed by atoms with Crippen LogP contribution in [-0.4, -0.2) is 16.0 Å². The Bertz CT molecular complexity index is 381. The molecule has 0 aliphatic heterocycles. The standard InChI is InChI=1S/C13H20N4/c1-10(2)5-4-6-11(3)16-13-15-8-7-12(9-14)17-13/h7-8,10-11H,4-6H2,1-3H3,(H,15,16,17). The number of hydrogen-bond acceptors (Lipinski definition) is 4. The highest BCUT2D eigenvalue weighted by atomic mass is 15.1. The molecule has 1 atom stereocenters. The highest BCUT2D eigenvalue weighted by Gasteiger charge is 2.05. The Hall–Kier alpha value is -1.63. The van der Waals surface area contributed by atoms with Crippen molar-refractivity contribution in [3.8, 4) is 6.07 Å². The number of aromatic nitrogens is 2. The minimum atomic E-state index is 0.336. The lowest BCUT2D eigenvalue weighted by Crippen LogP contribution is -2.17. The van der Waals surface area contributed by atoms with Crippen LogP contribution in [0.1, 0.15) is 45.7 Å². The lowest BCUT2D eigenvalue weighted by atomic mass is 10.0. The predicted octanol–water partition coefficient (Wildman–Crippen LogP) is 2.97. The lowest BCUT2D eigenvalue weighted by Gasteiger charge is -2.14. The molecule has 1 unspecified atom stereocenters. The molecule has 1 heterocycles. The van der Waals surface area contributed by atoms with E-state index in [1.807, 2.05) is 6.07 Å². The monoisotopic (exact) mass is 232 g/mol. The summed E-state index contributed by atoms with van der Waals surface area (Å²) in [4.78, 5) is 8.19. The normalized spacial score (nSPS) is 12.2. The Morgan fingerprint density at radius 2 is 2.12 bits per heavy atom. The first-order valence-corrected chi connectivity index (χ1v) is 6.11. The summed E-state index contributed by atoms with van der Waals surface area (Å²) in [5, 5.41) is 11.9. The topological polar surface area (TPSA) is 61.6 Å². The fourth-order valence-electron chi connectivity index (χ4n) is 1.62. The van der Waals surface area contributed by atoms with Gasteiger partial charge in [0.25, 0.3) is 0 Å². The van der Waals surface area contributed by atoms with Crippen molar-refractivity contribution in [2.45, 2.75) is 46.1 Å². The fraction of sp³-hybridized carbons (Fsp3) is 0.615. The van der Waals surface area contributed by atoms with Crippen molar-refractivity contribution in [1.82, 2.24) is 9.97 Å². The van der Waals surface area contributed by atoms with E-state index in [9.17, 15) is 0 Å². The molecule has 0 spiro atoms. The molecule has 1 N–H and O–H groups in total. The summed E-state index contributed by atoms with van der Waals surface area (Å²) >= 11 is 0. The van der Waals surface area contributed by atoms with Crippen LogP contribution in [0.15, 0.2) is 12.3 Å². The molecule has 17 heavy (non-hydrogen) atoms. The Labute approximate surface area is 103 Å². The average molecular weight is 232 g/mol. The molecule has 1 aromatic rings. The number of nitrogens with one attached hydrogen (secondary N) is 1. The van der Waals surface area contributed by atoms with Crippen LogP contribution in [0.2, 0.25) is 0 Å². The highest BCUT2D eigenvalue weighted by molar-refractivity contribution is 5.30. The number of hydrogen-bond donors (Lipinski definition) is 1. The summed E-state index contributed by atoms with van der Waals surface area (Å²) in [5.41, 5.74) is 0.400. The molecule has 0 aliphatic carbocycles. The molecule has 0 bridgehead atoms. The van der Waals surface area contributed by atoms with E-state index < -0.39 is 0 Å². The van der Waals surface area contributed by atoms with Crippen molar-refractivity contribution in [3.05, 3.63) is 18.0 Å². The van der Waals surface area contributed by atoms with E-state index in [1.165, 1.54) is 12.8 Å². The predicted molar refractivity (Wildman–Crippen MR) is 68.5 cm³/mol. The molecular formula is C13H20N4. The van der Waals surface area contributed by atoms with Gasteiger partial charge < -0.3 is 5.32 Å². The number of rotatable bonds is 6. The van der Waals surface area contributed by atoms with Gasteiger partial charge in [-0.1, -0.05) is 26.7 Å². The first-order valence-electron chi connectivity index (χ1n) is 6.11. The van der Waals surface area contributed by atoms with E-state index in [2.05, 4.69) is 36.1 Å². The molecule has 92 valence electrons. The second kappa shape index (κ2) is 6.85. The zero-order valence-electron chi connectivity index (χ0n) is 10.8. The van der Waals surface area contributed by atoms with Crippen LogP contribution in [-0.2, 0) is 0 Å². The molecule has 0 radical (unpaired) electrons. The van der Waals surface area contributed by atoms with Gasteiger partial charge in [-0.3, -0.25) is 0 Å². The van der Waals surface area contributed by atoms with E-state index in [-0.39, 0.29) is 0 Å². The second-order valence-corrected chi connectivity index (χ2v) is 4.75. The van der Waals surface area contributed by atoms with E-state index in [0.29, 0.717) is 17.7 Å². The molecule has 1 rings (SSSR count). The van der Waals surface area contributed by atoms with Gasteiger partial charge >= 0.3 is 0 Å². The van der Waals surface area contributed by atoms with Gasteiger partial charge in [-0.15, -0.1) is 0 Å². The molecule has 0 aliphatic rings. The van der Waals surface area contributed by atoms with Gasteiger partial charge in [0.05, 0.1) is 0 Å². The molecular weight excluding hydrogens is 212 g/mol. The van der Waals surface area contributed by atoms with Gasteiger partial charge in [0.2, 0.25) is 5.95 Å². The molecule has 0 saturated carbocycles. The molecule has 0 amide bonds. The number of nitriles is 1. The molecule has 0 fully saturated rings. The Morgan fingerprint density at radius 1 is 1.35 bits per heavy atom. The Morgan fingerprint density at radius 3 is 2.76 bits per heavy atom. The fourth-order valence-corrected chi connectivity index (χ4v) is 1.62. The summed E-state index contributed by atoms with van der Waals surface area (Å²) in [6.45, 7) is 6.58. The first-order chi connectivity index (χ1) is 8.11. The third kappa shape index (κ3) is 5.30. The maximum atomic E-state index is 8.73. The van der Waals surface area contributed by atoms with E-state index in [0.717, 1.165) is 12.3 Å². The van der Waals surface area contributed by atoms with Crippen molar-refractivity contribution in [2.75, 3.05) is 5.32 Å². The molecule has 0 saturated heterocycles. The van der Waals surface area contributed by atoms with Crippen LogP contribution in [0.4, 0.5) is 5.95 Å². The van der Waals surface area contributed by atoms with Gasteiger partial charge in [0.15, 0.2) is 0 Å². The van der Waals surface area contributed by atoms with Crippen molar-refractivity contribution in [1.29, 1.82) is 5.26 Å². The maximum absolute atomic E-state index is 8.73. The summed E-state index contributed by atoms with van der Waals surface area (Å²) in [6, 6.07) is 3.95. The largest absolute Gasteiger partial charge is 0.352 e. The van der Waals surface area contributed by atoms with Gasteiger partial charge in [-0.25, -0.2) is 9.97 Å². The van der Waals surface area contributed by atoms with Crippen LogP contribution in [0.5, 0.6) is 0 Å². The summed E-state index contributed by atoms with van der Waals surface area (Å²) in [6.07, 6.45) is 5.14. The van der Waals surface area contributed by atoms with E-state index in [1.54, 1.807) is 12.3 Å². The first kappa shape index (κ1) is 13.4. The van der Waals surface area contributed by atoms with Crippen molar-refractivity contribution < 1.29 is 0 Å². The van der Waals surface area contributed by atoms with Gasteiger partial charge in [0.1, 0.15) is 11.8 Å². The SMILES string of the molecule is CC(C)CCCC(C)Nc1nccc(C#N)n1. The third-order valence-electron chi connectivity index (χ3n) is 2.56. The second-order valence-electron chi connectivity index (χ2n) is 4.75. The van der Waals surface area contributed by atoms with Crippen molar-refractivity contribution in [3.63, 3.8) is 0 Å². The van der Waals surface area contributed by atoms with Crippen LogP contribution >= 0.6 is 0 Å². The van der Waals surface area contributed by atoms with Gasteiger partial charge in [0, 0.05) is 12.2 Å². The average Bonchev–Trinajstić information content (AvgIpc) is 2.28. The number of anilines is 1. The molecule has 4 nitrogen and oxygen atoms in total. The van der Waals surface area contributed by atoms with E-state index in [4.69, 9.17) is 5.26 Å². The summed E-state index contributed by atoms with van der Waals surface area (Å²) < 4.78 is 0. The van der Waals surface area contributed by atoms with Crippen molar-refractivity contribution in [2.24, 2.45) is 5.92 Å². The van der Waals surface area contributed by atoms with E-state index >= 15 is 0 Å². The van der Waals surface area contributed by atoms with Gasteiger partial charge in [-0.05, 0) is 25.3 Å². The Balaban J connectivity index is 2.39. The summed E-state index contributed by atoms with van der Waals surface area (Å²) in [5.74, 6) is 1.29. The van der Waals surface area contributed by atoms with Crippen LogP contribution in [0.3, 0.4) is 0 Å². The van der Waals surface area contributed by atoms with Crippen LogP contribution < -0.4 is 5.32 Å². The van der Waals surface area contributed by atoms with Crippen molar-refractivity contribution >= 4 is 5.95 Å². The van der Waals surface area contributed by atoms with Gasteiger partial charge in [-0.2, -0.15) is 5.26 Å². The zero-order chi connectivity index (χ0) is 12.7. The maximum Gasteiger partial charge on any atom is 0.224 e. The minimum absolute atomic E-state index is 0.336. The van der Waals surface area contributed by atoms with Crippen LogP contribution in [0, 0.1) is 17.2 Å². The molecule has 0 aromatic carbocycles.